The number of hydrogen-bond acceptors (Lipinski definition) is 4. The number of halogens is 2. The van der Waals surface area contributed by atoms with E-state index in [1.807, 2.05) is 12.1 Å². The van der Waals surface area contributed by atoms with E-state index in [0.29, 0.717) is 6.61 Å². The molecule has 1 aliphatic carbocycles. The number of morpholine rings is 1. The lowest BCUT2D eigenvalue weighted by molar-refractivity contribution is -0.592. The number of ether oxygens (including phenoxy) is 1. The average Bonchev–Trinajstić information content (AvgIpc) is 2.90. The minimum atomic E-state index is -0.786. The van der Waals surface area contributed by atoms with Crippen molar-refractivity contribution in [1.29, 1.82) is 0 Å². The zero-order valence-electron chi connectivity index (χ0n) is 21.6. The van der Waals surface area contributed by atoms with Crippen molar-refractivity contribution in [1.82, 2.24) is 9.38 Å². The second kappa shape index (κ2) is 12.7. The zero-order chi connectivity index (χ0) is 24.3. The minimum Gasteiger partial charge on any atom is -0.367 e. The van der Waals surface area contributed by atoms with E-state index >= 15 is 0 Å². The summed E-state index contributed by atoms with van der Waals surface area (Å²) in [5, 5.41) is 2.99. The molecule has 1 N–H and O–H groups in total. The van der Waals surface area contributed by atoms with Crippen LogP contribution in [0.1, 0.15) is 37.7 Å². The summed E-state index contributed by atoms with van der Waals surface area (Å²) in [6.07, 6.45) is 6.02. The van der Waals surface area contributed by atoms with Crippen LogP contribution in [0.5, 0.6) is 0 Å². The first-order chi connectivity index (χ1) is 17.0. The van der Waals surface area contributed by atoms with E-state index in [4.69, 9.17) is 4.74 Å². The first-order valence-corrected chi connectivity index (χ1v) is 13.1. The van der Waals surface area contributed by atoms with E-state index in [9.17, 15) is 9.70 Å². The number of nitrogens with zero attached hydrogens (tertiary/aromatic N) is 3. The Hall–Kier alpha value is -2.03. The van der Waals surface area contributed by atoms with E-state index in [1.165, 1.54) is 30.5 Å². The van der Waals surface area contributed by atoms with Crippen molar-refractivity contribution in [2.24, 2.45) is 0 Å². The lowest BCUT2D eigenvalue weighted by atomic mass is 9.74. The Bertz CT molecular complexity index is 1050. The van der Waals surface area contributed by atoms with Crippen LogP contribution in [0.4, 0.5) is 11.4 Å². The molecule has 1 saturated carbocycles. The van der Waals surface area contributed by atoms with E-state index < -0.39 is 6.04 Å². The highest BCUT2D eigenvalue weighted by Crippen LogP contribution is 2.44. The molecule has 37 heavy (non-hydrogen) atoms. The first kappa shape index (κ1) is 29.5. The number of anilines is 1. The highest BCUT2D eigenvalue weighted by molar-refractivity contribution is 5.94. The number of carbonyl (C=O) groups excluding carboxylic acids is 1. The van der Waals surface area contributed by atoms with Crippen LogP contribution < -0.4 is 9.80 Å². The Morgan fingerprint density at radius 2 is 1.73 bits per heavy atom. The second-order valence-corrected chi connectivity index (χ2v) is 10.6. The molecule has 1 amide bonds. The molecule has 0 spiro atoms. The van der Waals surface area contributed by atoms with Gasteiger partial charge in [0.2, 0.25) is 6.54 Å². The molecular formula is C28H40Cl2N4O3+2. The van der Waals surface area contributed by atoms with Gasteiger partial charge >= 0.3 is 6.04 Å². The van der Waals surface area contributed by atoms with Crippen LogP contribution in [0.15, 0.2) is 54.6 Å². The van der Waals surface area contributed by atoms with Crippen LogP contribution >= 0.6 is 24.8 Å². The molecule has 0 bridgehead atoms. The molecule has 2 aliphatic heterocycles. The van der Waals surface area contributed by atoms with Crippen LogP contribution in [0.25, 0.3) is 0 Å². The fourth-order valence-electron chi connectivity index (χ4n) is 6.21. The van der Waals surface area contributed by atoms with Crippen molar-refractivity contribution < 1.29 is 14.3 Å². The smallest absolute Gasteiger partial charge is 0.301 e. The summed E-state index contributed by atoms with van der Waals surface area (Å²) in [6.45, 7) is 5.02. The third-order valence-electron chi connectivity index (χ3n) is 8.44. The Morgan fingerprint density at radius 1 is 1.03 bits per heavy atom. The summed E-state index contributed by atoms with van der Waals surface area (Å²) in [7, 11) is 2.35. The van der Waals surface area contributed by atoms with Gasteiger partial charge in [-0.05, 0) is 42.7 Å². The van der Waals surface area contributed by atoms with Gasteiger partial charge in [0.05, 0.1) is 20.1 Å². The number of quaternary nitrogens is 1. The summed E-state index contributed by atoms with van der Waals surface area (Å²) < 4.78 is 7.17. The Labute approximate surface area is 232 Å². The van der Waals surface area contributed by atoms with Gasteiger partial charge in [-0.3, -0.25) is 14.2 Å². The highest BCUT2D eigenvalue weighted by atomic mass is 35.5. The van der Waals surface area contributed by atoms with Crippen molar-refractivity contribution in [2.45, 2.75) is 43.7 Å². The monoisotopic (exact) mass is 550 g/mol. The third-order valence-corrected chi connectivity index (χ3v) is 8.44. The fraction of sp³-hybridized carbons (Fsp3) is 0.536. The fourth-order valence-corrected chi connectivity index (χ4v) is 6.21. The largest absolute Gasteiger partial charge is 0.367 e. The number of likely N-dealkylation sites (N-methyl/N-ethyl adjacent to an activating group) is 1. The number of nitrogens with one attached hydrogen (secondary N) is 1. The van der Waals surface area contributed by atoms with Gasteiger partial charge in [-0.2, -0.15) is 0 Å². The minimum absolute atomic E-state index is 0. The summed E-state index contributed by atoms with van der Waals surface area (Å²) in [5.74, 6) is -0.288. The lowest BCUT2D eigenvalue weighted by Gasteiger charge is -2.52. The van der Waals surface area contributed by atoms with E-state index in [0.717, 1.165) is 54.0 Å². The maximum Gasteiger partial charge on any atom is 0.301 e. The Morgan fingerprint density at radius 3 is 2.41 bits per heavy atom. The van der Waals surface area contributed by atoms with Gasteiger partial charge in [0, 0.05) is 34.0 Å². The molecule has 1 unspecified atom stereocenters. The Kier molecular flexibility index (Phi) is 10.1. The van der Waals surface area contributed by atoms with Gasteiger partial charge < -0.3 is 10.1 Å². The molecule has 3 fully saturated rings. The van der Waals surface area contributed by atoms with Crippen molar-refractivity contribution >= 4 is 42.1 Å². The van der Waals surface area contributed by atoms with Crippen molar-refractivity contribution in [3.8, 4) is 0 Å². The summed E-state index contributed by atoms with van der Waals surface area (Å²) in [6, 6.07) is 18.4. The number of para-hydroxylation sites is 1. The predicted molar refractivity (Wildman–Crippen MR) is 153 cm³/mol. The first-order valence-electron chi connectivity index (χ1n) is 13.1. The SMILES string of the molecule is C[N+]1(c2ccccc2)CCN(C2(c3cccc(NC(=O)C4COCC[N+]4=O)c3)CCCCC2)CC1.Cl.Cl. The second-order valence-electron chi connectivity index (χ2n) is 10.6. The molecule has 7 nitrogen and oxygen atoms in total. The summed E-state index contributed by atoms with van der Waals surface area (Å²) in [5.41, 5.74) is 3.43. The standard InChI is InChI=1S/C28H37N4O3.2ClH/c1-32(25-11-4-2-5-12-25)18-15-30(16-19-32)28(13-6-3-7-14-28)23-9-8-10-24(21-23)29-27(33)26-22-35-20-17-31(26)34;;/h2,4-5,8-12,21,26H,3,6-7,13-20,22H2,1H3;2*1H/q+1;;/p+1. The molecular weight excluding hydrogens is 511 g/mol. The topological polar surface area (TPSA) is 61.7 Å². The number of rotatable bonds is 5. The van der Waals surface area contributed by atoms with Crippen molar-refractivity contribution in [3.05, 3.63) is 65.1 Å². The maximum absolute atomic E-state index is 12.8. The predicted octanol–water partition coefficient (Wildman–Crippen LogP) is 4.76. The summed E-state index contributed by atoms with van der Waals surface area (Å²) in [4.78, 5) is 27.6. The molecule has 2 saturated heterocycles. The van der Waals surface area contributed by atoms with Gasteiger partial charge in [-0.25, -0.2) is 0 Å². The maximum atomic E-state index is 12.8. The number of carbonyl (C=O) groups is 1. The molecule has 1 atom stereocenters. The highest BCUT2D eigenvalue weighted by Gasteiger charge is 2.44. The van der Waals surface area contributed by atoms with Crippen molar-refractivity contribution in [3.63, 3.8) is 0 Å². The van der Waals surface area contributed by atoms with Crippen LogP contribution in [0.2, 0.25) is 0 Å². The molecule has 202 valence electrons. The zero-order valence-corrected chi connectivity index (χ0v) is 23.3. The molecule has 0 radical (unpaired) electrons. The molecule has 5 rings (SSSR count). The van der Waals surface area contributed by atoms with E-state index in [2.05, 4.69) is 59.7 Å². The average molecular weight is 552 g/mol. The molecule has 3 aliphatic rings. The lowest BCUT2D eigenvalue weighted by Crippen LogP contribution is -2.63. The van der Waals surface area contributed by atoms with Gasteiger partial charge in [0.15, 0.2) is 0 Å². The van der Waals surface area contributed by atoms with E-state index in [-0.39, 0.29) is 49.4 Å². The number of nitroso groups, excluding NO2 is 1. The van der Waals surface area contributed by atoms with E-state index in [1.54, 1.807) is 0 Å². The number of hydrogen-bond donors (Lipinski definition) is 1. The number of piperazine rings is 1. The number of benzene rings is 2. The Balaban J connectivity index is 0.00000190. The van der Waals surface area contributed by atoms with Crippen LogP contribution in [0, 0.1) is 4.91 Å². The quantitative estimate of drug-likeness (QED) is 0.430. The number of amides is 1. The summed E-state index contributed by atoms with van der Waals surface area (Å²) >= 11 is 0. The molecule has 2 heterocycles. The third kappa shape index (κ3) is 6.18. The van der Waals surface area contributed by atoms with Crippen LogP contribution in [0.3, 0.4) is 0 Å². The molecule has 2 aromatic carbocycles. The molecule has 2 aromatic rings. The van der Waals surface area contributed by atoms with Crippen LogP contribution in [-0.2, 0) is 15.1 Å². The molecule has 9 heteroatoms. The van der Waals surface area contributed by atoms with Crippen LogP contribution in [-0.4, -0.2) is 74.6 Å². The van der Waals surface area contributed by atoms with Gasteiger partial charge in [-0.1, -0.05) is 49.6 Å². The van der Waals surface area contributed by atoms with Gasteiger partial charge in [-0.15, -0.1) is 24.8 Å². The molecule has 0 aromatic heterocycles. The van der Waals surface area contributed by atoms with Gasteiger partial charge in [0.25, 0.3) is 5.91 Å². The van der Waals surface area contributed by atoms with Gasteiger partial charge in [0.1, 0.15) is 18.9 Å². The van der Waals surface area contributed by atoms with Crippen molar-refractivity contribution in [2.75, 3.05) is 58.3 Å². The normalized spacial score (nSPS) is 23.3.